The van der Waals surface area contributed by atoms with E-state index in [9.17, 15) is 0 Å². The molecular weight excluding hydrogens is 210 g/mol. The Balaban J connectivity index is 1.61. The fraction of sp³-hybridized carbons (Fsp3) is 1.00. The third-order valence-corrected chi connectivity index (χ3v) is 5.35. The molecule has 1 unspecified atom stereocenters. The molecule has 3 fully saturated rings. The Morgan fingerprint density at radius 1 is 0.882 bits per heavy atom. The van der Waals surface area contributed by atoms with Gasteiger partial charge < -0.3 is 10.1 Å². The van der Waals surface area contributed by atoms with E-state index in [1.165, 1.54) is 70.9 Å². The standard InChI is InChI=1S/C15H27NO/c1-2-7-15(8-3-1)12-14(6-11-17-15)13-4-9-16-10-5-13/h13-14,16H,1-12H2. The maximum atomic E-state index is 6.21. The van der Waals surface area contributed by atoms with E-state index >= 15 is 0 Å². The normalized spacial score (nSPS) is 34.9. The summed E-state index contributed by atoms with van der Waals surface area (Å²) in [7, 11) is 0. The van der Waals surface area contributed by atoms with Gasteiger partial charge in [0.1, 0.15) is 0 Å². The van der Waals surface area contributed by atoms with E-state index in [4.69, 9.17) is 4.74 Å². The van der Waals surface area contributed by atoms with Crippen LogP contribution in [0.1, 0.15) is 57.8 Å². The lowest BCUT2D eigenvalue weighted by molar-refractivity contribution is -0.126. The Hall–Kier alpha value is -0.0800. The summed E-state index contributed by atoms with van der Waals surface area (Å²) in [6.45, 7) is 3.53. The largest absolute Gasteiger partial charge is 0.375 e. The van der Waals surface area contributed by atoms with Crippen LogP contribution in [0.2, 0.25) is 0 Å². The smallest absolute Gasteiger partial charge is 0.0685 e. The molecule has 2 nitrogen and oxygen atoms in total. The van der Waals surface area contributed by atoms with Crippen molar-refractivity contribution in [1.82, 2.24) is 5.32 Å². The molecule has 17 heavy (non-hydrogen) atoms. The molecule has 1 atom stereocenters. The summed E-state index contributed by atoms with van der Waals surface area (Å²) >= 11 is 0. The van der Waals surface area contributed by atoms with Gasteiger partial charge in [-0.1, -0.05) is 19.3 Å². The van der Waals surface area contributed by atoms with Crippen LogP contribution in [0, 0.1) is 11.8 Å². The first-order chi connectivity index (χ1) is 8.38. The lowest BCUT2D eigenvalue weighted by Crippen LogP contribution is -2.44. The lowest BCUT2D eigenvalue weighted by Gasteiger charge is -2.46. The molecule has 3 rings (SSSR count). The molecule has 1 aliphatic carbocycles. The van der Waals surface area contributed by atoms with Gasteiger partial charge in [0.25, 0.3) is 0 Å². The van der Waals surface area contributed by atoms with Crippen LogP contribution in [0.15, 0.2) is 0 Å². The van der Waals surface area contributed by atoms with E-state index in [-0.39, 0.29) is 0 Å². The molecule has 1 N–H and O–H groups in total. The van der Waals surface area contributed by atoms with E-state index in [2.05, 4.69) is 5.32 Å². The predicted molar refractivity (Wildman–Crippen MR) is 70.1 cm³/mol. The Bertz CT molecular complexity index is 236. The summed E-state index contributed by atoms with van der Waals surface area (Å²) < 4.78 is 6.21. The van der Waals surface area contributed by atoms with E-state index in [1.807, 2.05) is 0 Å². The molecule has 0 aromatic carbocycles. The van der Waals surface area contributed by atoms with Crippen LogP contribution in [0.25, 0.3) is 0 Å². The Morgan fingerprint density at radius 2 is 1.65 bits per heavy atom. The molecule has 2 heteroatoms. The molecule has 0 amide bonds. The first kappa shape index (κ1) is 12.0. The minimum atomic E-state index is 0.312. The van der Waals surface area contributed by atoms with E-state index in [1.54, 1.807) is 0 Å². The van der Waals surface area contributed by atoms with Gasteiger partial charge in [-0.05, 0) is 63.5 Å². The zero-order valence-corrected chi connectivity index (χ0v) is 11.0. The first-order valence-electron chi connectivity index (χ1n) is 7.73. The second-order valence-electron chi connectivity index (χ2n) is 6.43. The number of hydrogen-bond donors (Lipinski definition) is 1. The number of rotatable bonds is 1. The summed E-state index contributed by atoms with van der Waals surface area (Å²) in [5.74, 6) is 1.95. The number of hydrogen-bond acceptors (Lipinski definition) is 2. The highest BCUT2D eigenvalue weighted by atomic mass is 16.5. The third-order valence-electron chi connectivity index (χ3n) is 5.35. The van der Waals surface area contributed by atoms with Gasteiger partial charge >= 0.3 is 0 Å². The maximum Gasteiger partial charge on any atom is 0.0685 e. The minimum Gasteiger partial charge on any atom is -0.375 e. The van der Waals surface area contributed by atoms with Gasteiger partial charge in [-0.25, -0.2) is 0 Å². The molecule has 1 spiro atoms. The van der Waals surface area contributed by atoms with E-state index in [0.29, 0.717) is 5.60 Å². The molecule has 2 aliphatic heterocycles. The van der Waals surface area contributed by atoms with Crippen LogP contribution in [0.3, 0.4) is 0 Å². The lowest BCUT2D eigenvalue weighted by atomic mass is 9.70. The van der Waals surface area contributed by atoms with Gasteiger partial charge in [0.05, 0.1) is 5.60 Å². The second kappa shape index (κ2) is 5.27. The van der Waals surface area contributed by atoms with Crippen molar-refractivity contribution >= 4 is 0 Å². The van der Waals surface area contributed by atoms with Crippen molar-refractivity contribution in [2.45, 2.75) is 63.4 Å². The topological polar surface area (TPSA) is 21.3 Å². The summed E-state index contributed by atoms with van der Waals surface area (Å²) in [6, 6.07) is 0. The summed E-state index contributed by atoms with van der Waals surface area (Å²) in [6.07, 6.45) is 12.4. The van der Waals surface area contributed by atoms with Crippen molar-refractivity contribution < 1.29 is 4.74 Å². The van der Waals surface area contributed by atoms with Gasteiger partial charge in [0, 0.05) is 6.61 Å². The highest BCUT2D eigenvalue weighted by Crippen LogP contribution is 2.44. The quantitative estimate of drug-likeness (QED) is 0.756. The van der Waals surface area contributed by atoms with Crippen LogP contribution in [-0.2, 0) is 4.74 Å². The number of nitrogens with one attached hydrogen (secondary N) is 1. The average Bonchev–Trinajstić information content (AvgIpc) is 2.41. The third kappa shape index (κ3) is 2.68. The van der Waals surface area contributed by atoms with E-state index in [0.717, 1.165) is 18.4 Å². The van der Waals surface area contributed by atoms with Crippen molar-refractivity contribution in [3.05, 3.63) is 0 Å². The summed E-state index contributed by atoms with van der Waals surface area (Å²) in [5.41, 5.74) is 0.312. The van der Waals surface area contributed by atoms with Crippen molar-refractivity contribution in [3.63, 3.8) is 0 Å². The monoisotopic (exact) mass is 237 g/mol. The van der Waals surface area contributed by atoms with Crippen LogP contribution < -0.4 is 5.32 Å². The second-order valence-corrected chi connectivity index (χ2v) is 6.43. The fourth-order valence-corrected chi connectivity index (χ4v) is 4.33. The highest BCUT2D eigenvalue weighted by Gasteiger charge is 2.40. The number of ether oxygens (including phenoxy) is 1. The highest BCUT2D eigenvalue weighted by molar-refractivity contribution is 4.92. The molecule has 3 aliphatic rings. The van der Waals surface area contributed by atoms with Gasteiger partial charge in [-0.2, -0.15) is 0 Å². The number of piperidine rings is 1. The van der Waals surface area contributed by atoms with Gasteiger partial charge in [-0.15, -0.1) is 0 Å². The maximum absolute atomic E-state index is 6.21. The first-order valence-corrected chi connectivity index (χ1v) is 7.73. The van der Waals surface area contributed by atoms with E-state index < -0.39 is 0 Å². The van der Waals surface area contributed by atoms with Crippen LogP contribution >= 0.6 is 0 Å². The Morgan fingerprint density at radius 3 is 2.41 bits per heavy atom. The molecule has 98 valence electrons. The molecule has 0 radical (unpaired) electrons. The van der Waals surface area contributed by atoms with Crippen LogP contribution in [0.4, 0.5) is 0 Å². The Labute approximate surface area is 105 Å². The molecule has 2 saturated heterocycles. The minimum absolute atomic E-state index is 0.312. The molecule has 2 heterocycles. The molecule has 0 aromatic heterocycles. The van der Waals surface area contributed by atoms with Gasteiger partial charge in [-0.3, -0.25) is 0 Å². The predicted octanol–water partition coefficient (Wildman–Crippen LogP) is 3.12. The molecule has 1 saturated carbocycles. The van der Waals surface area contributed by atoms with Crippen LogP contribution in [-0.4, -0.2) is 25.3 Å². The van der Waals surface area contributed by atoms with Crippen molar-refractivity contribution in [2.75, 3.05) is 19.7 Å². The Kier molecular flexibility index (Phi) is 3.72. The average molecular weight is 237 g/mol. The van der Waals surface area contributed by atoms with Gasteiger partial charge in [0.2, 0.25) is 0 Å². The summed E-state index contributed by atoms with van der Waals surface area (Å²) in [5, 5.41) is 3.49. The van der Waals surface area contributed by atoms with Crippen LogP contribution in [0.5, 0.6) is 0 Å². The molecule has 0 aromatic rings. The zero-order chi connectivity index (χ0) is 11.6. The fourth-order valence-electron chi connectivity index (χ4n) is 4.33. The van der Waals surface area contributed by atoms with Gasteiger partial charge in [0.15, 0.2) is 0 Å². The molecule has 0 bridgehead atoms. The van der Waals surface area contributed by atoms with Crippen molar-refractivity contribution in [2.24, 2.45) is 11.8 Å². The van der Waals surface area contributed by atoms with Crippen molar-refractivity contribution in [3.8, 4) is 0 Å². The SMILES string of the molecule is C1CCC2(CC1)CC(C1CCNCC1)CCO2. The van der Waals surface area contributed by atoms with Crippen molar-refractivity contribution in [1.29, 1.82) is 0 Å². The zero-order valence-electron chi connectivity index (χ0n) is 11.0. The molecular formula is C15H27NO. The summed E-state index contributed by atoms with van der Waals surface area (Å²) in [4.78, 5) is 0.